The van der Waals surface area contributed by atoms with E-state index in [9.17, 15) is 0 Å². The third kappa shape index (κ3) is 2.82. The summed E-state index contributed by atoms with van der Waals surface area (Å²) in [5, 5.41) is 0. The lowest BCUT2D eigenvalue weighted by atomic mass is 9.89. The monoisotopic (exact) mass is 267 g/mol. The highest BCUT2D eigenvalue weighted by atomic mass is 16.5. The molecule has 0 aromatic rings. The molecule has 4 nitrogen and oxygen atoms in total. The average molecular weight is 267 g/mol. The summed E-state index contributed by atoms with van der Waals surface area (Å²) in [4.78, 5) is 5.38. The van der Waals surface area contributed by atoms with Gasteiger partial charge in [-0.3, -0.25) is 9.80 Å². The van der Waals surface area contributed by atoms with E-state index in [2.05, 4.69) is 9.80 Å². The van der Waals surface area contributed by atoms with E-state index < -0.39 is 0 Å². The zero-order valence-corrected chi connectivity index (χ0v) is 12.3. The summed E-state index contributed by atoms with van der Waals surface area (Å²) in [5.41, 5.74) is 6.46. The minimum atomic E-state index is 0.259. The van der Waals surface area contributed by atoms with Crippen molar-refractivity contribution >= 4 is 0 Å². The molecule has 1 saturated carbocycles. The van der Waals surface area contributed by atoms with Crippen molar-refractivity contribution in [1.82, 2.24) is 9.80 Å². The summed E-state index contributed by atoms with van der Waals surface area (Å²) in [6.07, 6.45) is 6.70. The molecule has 3 aliphatic rings. The minimum absolute atomic E-state index is 0.259. The molecule has 0 bridgehead atoms. The Morgan fingerprint density at radius 3 is 2.79 bits per heavy atom. The number of hydrogen-bond acceptors (Lipinski definition) is 4. The van der Waals surface area contributed by atoms with Crippen LogP contribution in [0.15, 0.2) is 0 Å². The van der Waals surface area contributed by atoms with Crippen LogP contribution in [0.25, 0.3) is 0 Å². The smallest absolute Gasteiger partial charge is 0.0502 e. The van der Waals surface area contributed by atoms with Gasteiger partial charge in [-0.05, 0) is 44.6 Å². The van der Waals surface area contributed by atoms with Gasteiger partial charge in [0, 0.05) is 44.9 Å². The van der Waals surface area contributed by atoms with Crippen LogP contribution in [-0.4, -0.2) is 67.8 Å². The maximum atomic E-state index is 6.20. The van der Waals surface area contributed by atoms with Crippen LogP contribution >= 0.6 is 0 Å². The third-order valence-electron chi connectivity index (χ3n) is 5.40. The Morgan fingerprint density at radius 2 is 2.11 bits per heavy atom. The lowest BCUT2D eigenvalue weighted by Crippen LogP contribution is -2.58. The fraction of sp³-hybridized carbons (Fsp3) is 1.00. The highest BCUT2D eigenvalue weighted by Gasteiger charge is 2.46. The van der Waals surface area contributed by atoms with E-state index in [0.717, 1.165) is 19.2 Å². The molecule has 2 N–H and O–H groups in total. The molecule has 3 rings (SSSR count). The molecule has 19 heavy (non-hydrogen) atoms. The number of ether oxygens (including phenoxy) is 1. The molecule has 2 atom stereocenters. The van der Waals surface area contributed by atoms with Crippen LogP contribution in [0.2, 0.25) is 0 Å². The fourth-order valence-electron chi connectivity index (χ4n) is 4.06. The molecule has 0 spiro atoms. The molecule has 1 aliphatic carbocycles. The second-order valence-corrected chi connectivity index (χ2v) is 6.79. The molecule has 0 aromatic carbocycles. The van der Waals surface area contributed by atoms with E-state index in [0.29, 0.717) is 5.92 Å². The Kier molecular flexibility index (Phi) is 4.13. The molecule has 0 aromatic heterocycles. The topological polar surface area (TPSA) is 41.7 Å². The fourth-order valence-corrected chi connectivity index (χ4v) is 4.06. The summed E-state index contributed by atoms with van der Waals surface area (Å²) in [5.74, 6) is 0.706. The SMILES string of the molecule is COCC1CCCN(C2(CN)CCN(C3CC3)C2)C1. The van der Waals surface area contributed by atoms with Crippen LogP contribution in [0.1, 0.15) is 32.1 Å². The maximum absolute atomic E-state index is 6.20. The number of likely N-dealkylation sites (tertiary alicyclic amines) is 2. The van der Waals surface area contributed by atoms with Gasteiger partial charge in [0.2, 0.25) is 0 Å². The van der Waals surface area contributed by atoms with Gasteiger partial charge in [0.25, 0.3) is 0 Å². The number of nitrogens with two attached hydrogens (primary N) is 1. The van der Waals surface area contributed by atoms with Gasteiger partial charge in [-0.15, -0.1) is 0 Å². The molecule has 3 fully saturated rings. The number of hydrogen-bond donors (Lipinski definition) is 1. The number of nitrogens with zero attached hydrogens (tertiary/aromatic N) is 2. The highest BCUT2D eigenvalue weighted by molar-refractivity contribution is 5.04. The van der Waals surface area contributed by atoms with Gasteiger partial charge in [0.1, 0.15) is 0 Å². The molecule has 2 heterocycles. The lowest BCUT2D eigenvalue weighted by Gasteiger charge is -2.45. The quantitative estimate of drug-likeness (QED) is 0.804. The Labute approximate surface area is 117 Å². The molecule has 2 saturated heterocycles. The third-order valence-corrected chi connectivity index (χ3v) is 5.40. The normalized spacial score (nSPS) is 37.9. The zero-order valence-electron chi connectivity index (χ0n) is 12.3. The van der Waals surface area contributed by atoms with Crippen LogP contribution in [0, 0.1) is 5.92 Å². The number of piperidine rings is 1. The van der Waals surface area contributed by atoms with Gasteiger partial charge in [-0.25, -0.2) is 0 Å². The Balaban J connectivity index is 1.64. The van der Waals surface area contributed by atoms with Crippen molar-refractivity contribution in [2.45, 2.75) is 43.7 Å². The summed E-state index contributed by atoms with van der Waals surface area (Å²) in [6.45, 7) is 6.60. The van der Waals surface area contributed by atoms with Gasteiger partial charge in [-0.2, -0.15) is 0 Å². The van der Waals surface area contributed by atoms with Crippen molar-refractivity contribution in [2.75, 3.05) is 46.4 Å². The van der Waals surface area contributed by atoms with Crippen molar-refractivity contribution in [3.8, 4) is 0 Å². The average Bonchev–Trinajstić information content (AvgIpc) is 3.19. The van der Waals surface area contributed by atoms with Crippen molar-refractivity contribution in [1.29, 1.82) is 0 Å². The highest BCUT2D eigenvalue weighted by Crippen LogP contribution is 2.37. The van der Waals surface area contributed by atoms with E-state index in [1.807, 2.05) is 7.11 Å². The molecule has 2 aliphatic heterocycles. The van der Waals surface area contributed by atoms with Crippen LogP contribution in [0.3, 0.4) is 0 Å². The largest absolute Gasteiger partial charge is 0.384 e. The van der Waals surface area contributed by atoms with Crippen molar-refractivity contribution in [3.05, 3.63) is 0 Å². The number of methoxy groups -OCH3 is 1. The predicted molar refractivity (Wildman–Crippen MR) is 77.2 cm³/mol. The molecular weight excluding hydrogens is 238 g/mol. The van der Waals surface area contributed by atoms with Gasteiger partial charge in [-0.1, -0.05) is 0 Å². The molecule has 4 heteroatoms. The van der Waals surface area contributed by atoms with Crippen molar-refractivity contribution in [2.24, 2.45) is 11.7 Å². The molecule has 2 unspecified atom stereocenters. The van der Waals surface area contributed by atoms with Gasteiger partial charge in [0.05, 0.1) is 6.61 Å². The van der Waals surface area contributed by atoms with Gasteiger partial charge >= 0.3 is 0 Å². The first-order chi connectivity index (χ1) is 9.27. The predicted octanol–water partition coefficient (Wildman–Crippen LogP) is 0.910. The summed E-state index contributed by atoms with van der Waals surface area (Å²) >= 11 is 0. The van der Waals surface area contributed by atoms with Gasteiger partial charge < -0.3 is 10.5 Å². The zero-order chi connectivity index (χ0) is 13.3. The first-order valence-electron chi connectivity index (χ1n) is 7.95. The minimum Gasteiger partial charge on any atom is -0.384 e. The Morgan fingerprint density at radius 1 is 1.26 bits per heavy atom. The van der Waals surface area contributed by atoms with Crippen LogP contribution in [0.4, 0.5) is 0 Å². The van der Waals surface area contributed by atoms with E-state index in [1.165, 1.54) is 58.3 Å². The number of rotatable bonds is 5. The Bertz CT molecular complexity index is 306. The van der Waals surface area contributed by atoms with Crippen molar-refractivity contribution in [3.63, 3.8) is 0 Å². The van der Waals surface area contributed by atoms with Crippen molar-refractivity contribution < 1.29 is 4.74 Å². The van der Waals surface area contributed by atoms with Crippen LogP contribution < -0.4 is 5.73 Å². The molecule has 110 valence electrons. The molecular formula is C15H29N3O. The summed E-state index contributed by atoms with van der Waals surface area (Å²) in [6, 6.07) is 0.882. The molecule has 0 radical (unpaired) electrons. The standard InChI is InChI=1S/C15H29N3O/c1-19-10-13-3-2-7-18(9-13)15(11-16)6-8-17(12-15)14-4-5-14/h13-14H,2-12,16H2,1H3. The first-order valence-corrected chi connectivity index (χ1v) is 7.95. The van der Waals surface area contributed by atoms with Gasteiger partial charge in [0.15, 0.2) is 0 Å². The summed E-state index contributed by atoms with van der Waals surface area (Å²) in [7, 11) is 1.82. The first kappa shape index (κ1) is 13.8. The second-order valence-electron chi connectivity index (χ2n) is 6.79. The van der Waals surface area contributed by atoms with Crippen LogP contribution in [-0.2, 0) is 4.74 Å². The lowest BCUT2D eigenvalue weighted by molar-refractivity contribution is 0.0258. The van der Waals surface area contributed by atoms with E-state index in [1.54, 1.807) is 0 Å². The second kappa shape index (κ2) is 5.68. The maximum Gasteiger partial charge on any atom is 0.0502 e. The van der Waals surface area contributed by atoms with E-state index in [4.69, 9.17) is 10.5 Å². The van der Waals surface area contributed by atoms with Crippen LogP contribution in [0.5, 0.6) is 0 Å². The molecule has 0 amide bonds. The van der Waals surface area contributed by atoms with E-state index >= 15 is 0 Å². The summed E-state index contributed by atoms with van der Waals surface area (Å²) < 4.78 is 5.36. The van der Waals surface area contributed by atoms with E-state index in [-0.39, 0.29) is 5.54 Å². The Hall–Kier alpha value is -0.160.